The zero-order chi connectivity index (χ0) is 22.1. The number of benzene rings is 2. The Morgan fingerprint density at radius 1 is 1.26 bits per heavy atom. The number of amides is 2. The molecule has 1 aliphatic heterocycles. The van der Waals surface area contributed by atoms with Gasteiger partial charge < -0.3 is 4.90 Å². The predicted molar refractivity (Wildman–Crippen MR) is 124 cm³/mol. The van der Waals surface area contributed by atoms with Gasteiger partial charge in [0.2, 0.25) is 5.91 Å². The summed E-state index contributed by atoms with van der Waals surface area (Å²) in [7, 11) is 1.77. The molecule has 1 aliphatic carbocycles. The van der Waals surface area contributed by atoms with Gasteiger partial charge in [-0.3, -0.25) is 14.5 Å². The average molecular weight is 478 g/mol. The topological polar surface area (TPSA) is 53.0 Å². The SMILES string of the molecule is CN(C(=O)CSC1=N/C(=C/c2ccc(Cl)c(Cl)c2)C(=O)N1c1ccccc1F)C1CC1. The molecule has 1 heterocycles. The minimum absolute atomic E-state index is 0.0574. The molecule has 0 saturated heterocycles. The van der Waals surface area contributed by atoms with Crippen LogP contribution in [0.4, 0.5) is 10.1 Å². The van der Waals surface area contributed by atoms with Gasteiger partial charge in [0.05, 0.1) is 21.5 Å². The molecule has 0 bridgehead atoms. The second kappa shape index (κ2) is 9.02. The standard InChI is InChI=1S/C22H18Cl2FN3O2S/c1-27(14-7-8-14)20(29)12-31-22-26-18(11-13-6-9-15(23)16(24)10-13)21(30)28(22)19-5-3-2-4-17(19)25/h2-6,9-11,14H,7-8,12H2,1H3/b18-11+. The van der Waals surface area contributed by atoms with Crippen molar-refractivity contribution >= 4 is 63.7 Å². The zero-order valence-corrected chi connectivity index (χ0v) is 18.8. The van der Waals surface area contributed by atoms with Gasteiger partial charge in [0.1, 0.15) is 11.5 Å². The van der Waals surface area contributed by atoms with Crippen LogP contribution in [-0.4, -0.2) is 40.7 Å². The van der Waals surface area contributed by atoms with Crippen molar-refractivity contribution in [1.29, 1.82) is 0 Å². The molecule has 4 rings (SSSR count). The number of para-hydroxylation sites is 1. The Morgan fingerprint density at radius 2 is 2.00 bits per heavy atom. The van der Waals surface area contributed by atoms with Crippen LogP contribution in [0.25, 0.3) is 6.08 Å². The van der Waals surface area contributed by atoms with E-state index >= 15 is 0 Å². The number of anilines is 1. The van der Waals surface area contributed by atoms with E-state index in [-0.39, 0.29) is 34.3 Å². The Kier molecular flexibility index (Phi) is 6.36. The van der Waals surface area contributed by atoms with Gasteiger partial charge in [-0.2, -0.15) is 0 Å². The number of hydrogen-bond acceptors (Lipinski definition) is 4. The lowest BCUT2D eigenvalue weighted by Gasteiger charge is -2.20. The molecule has 0 aromatic heterocycles. The van der Waals surface area contributed by atoms with Crippen LogP contribution < -0.4 is 4.90 Å². The van der Waals surface area contributed by atoms with E-state index < -0.39 is 11.7 Å². The molecule has 2 aromatic carbocycles. The number of amidine groups is 1. The molecule has 5 nitrogen and oxygen atoms in total. The van der Waals surface area contributed by atoms with E-state index in [1.54, 1.807) is 48.4 Å². The van der Waals surface area contributed by atoms with Crippen LogP contribution in [0.5, 0.6) is 0 Å². The van der Waals surface area contributed by atoms with Crippen LogP contribution in [0.15, 0.2) is 53.2 Å². The molecular weight excluding hydrogens is 460 g/mol. The summed E-state index contributed by atoms with van der Waals surface area (Å²) in [5, 5.41) is 0.992. The van der Waals surface area contributed by atoms with Gasteiger partial charge in [0, 0.05) is 13.1 Å². The number of hydrogen-bond donors (Lipinski definition) is 0. The van der Waals surface area contributed by atoms with Crippen LogP contribution in [0.1, 0.15) is 18.4 Å². The fraction of sp³-hybridized carbons (Fsp3) is 0.227. The van der Waals surface area contributed by atoms with E-state index in [1.807, 2.05) is 0 Å². The molecule has 1 saturated carbocycles. The maximum Gasteiger partial charge on any atom is 0.283 e. The largest absolute Gasteiger partial charge is 0.342 e. The van der Waals surface area contributed by atoms with Crippen molar-refractivity contribution in [3.8, 4) is 0 Å². The Bertz CT molecular complexity index is 1120. The van der Waals surface area contributed by atoms with E-state index in [2.05, 4.69) is 4.99 Å². The Labute approximate surface area is 193 Å². The van der Waals surface area contributed by atoms with E-state index in [0.29, 0.717) is 15.6 Å². The summed E-state index contributed by atoms with van der Waals surface area (Å²) in [5.41, 5.74) is 0.831. The fourth-order valence-corrected chi connectivity index (χ4v) is 4.33. The number of thioether (sulfide) groups is 1. The fourth-order valence-electron chi connectivity index (χ4n) is 3.09. The first-order valence-electron chi connectivity index (χ1n) is 9.58. The highest BCUT2D eigenvalue weighted by Crippen LogP contribution is 2.32. The summed E-state index contributed by atoms with van der Waals surface area (Å²) in [4.78, 5) is 32.9. The van der Waals surface area contributed by atoms with Crippen LogP contribution in [0.2, 0.25) is 10.0 Å². The second-order valence-electron chi connectivity index (χ2n) is 7.21. The second-order valence-corrected chi connectivity index (χ2v) is 8.97. The summed E-state index contributed by atoms with van der Waals surface area (Å²) < 4.78 is 14.5. The lowest BCUT2D eigenvalue weighted by molar-refractivity contribution is -0.127. The van der Waals surface area contributed by atoms with Crippen molar-refractivity contribution in [2.75, 3.05) is 17.7 Å². The summed E-state index contributed by atoms with van der Waals surface area (Å²) in [6.45, 7) is 0. The molecule has 2 amide bonds. The lowest BCUT2D eigenvalue weighted by Crippen LogP contribution is -2.34. The van der Waals surface area contributed by atoms with Crippen molar-refractivity contribution in [2.24, 2.45) is 4.99 Å². The van der Waals surface area contributed by atoms with E-state index in [9.17, 15) is 14.0 Å². The molecule has 0 atom stereocenters. The van der Waals surface area contributed by atoms with Crippen LogP contribution in [-0.2, 0) is 9.59 Å². The highest BCUT2D eigenvalue weighted by atomic mass is 35.5. The van der Waals surface area contributed by atoms with Gasteiger partial charge in [-0.05, 0) is 48.7 Å². The predicted octanol–water partition coefficient (Wildman–Crippen LogP) is 5.23. The van der Waals surface area contributed by atoms with E-state index in [1.165, 1.54) is 17.0 Å². The Morgan fingerprint density at radius 3 is 2.68 bits per heavy atom. The van der Waals surface area contributed by atoms with Crippen molar-refractivity contribution in [3.05, 3.63) is 69.6 Å². The summed E-state index contributed by atoms with van der Waals surface area (Å²) in [6.07, 6.45) is 3.57. The van der Waals surface area contributed by atoms with Gasteiger partial charge in [0.15, 0.2) is 5.17 Å². The molecule has 0 unspecified atom stereocenters. The summed E-state index contributed by atoms with van der Waals surface area (Å²) in [6, 6.07) is 11.2. The maximum absolute atomic E-state index is 14.5. The van der Waals surface area contributed by atoms with Crippen molar-refractivity contribution < 1.29 is 14.0 Å². The van der Waals surface area contributed by atoms with Gasteiger partial charge >= 0.3 is 0 Å². The zero-order valence-electron chi connectivity index (χ0n) is 16.5. The molecule has 0 radical (unpaired) electrons. The van der Waals surface area contributed by atoms with E-state index in [4.69, 9.17) is 23.2 Å². The first-order chi connectivity index (χ1) is 14.8. The molecule has 160 valence electrons. The number of rotatable bonds is 5. The molecule has 31 heavy (non-hydrogen) atoms. The summed E-state index contributed by atoms with van der Waals surface area (Å²) >= 11 is 13.1. The van der Waals surface area contributed by atoms with Crippen LogP contribution >= 0.6 is 35.0 Å². The van der Waals surface area contributed by atoms with Gasteiger partial charge in [-0.25, -0.2) is 9.38 Å². The minimum atomic E-state index is -0.554. The number of aliphatic imine (C=N–C) groups is 1. The molecule has 2 aromatic rings. The first-order valence-corrected chi connectivity index (χ1v) is 11.3. The normalized spacial score (nSPS) is 17.3. The number of halogens is 3. The molecule has 2 aliphatic rings. The third-order valence-corrected chi connectivity index (χ3v) is 6.65. The smallest absolute Gasteiger partial charge is 0.283 e. The third-order valence-electron chi connectivity index (χ3n) is 4.98. The molecule has 0 N–H and O–H groups in total. The monoisotopic (exact) mass is 477 g/mol. The molecule has 1 fully saturated rings. The highest BCUT2D eigenvalue weighted by Gasteiger charge is 2.35. The third kappa shape index (κ3) is 4.79. The van der Waals surface area contributed by atoms with Crippen LogP contribution in [0.3, 0.4) is 0 Å². The van der Waals surface area contributed by atoms with E-state index in [0.717, 1.165) is 24.6 Å². The lowest BCUT2D eigenvalue weighted by atomic mass is 10.2. The number of carbonyl (C=O) groups is 2. The quantitative estimate of drug-likeness (QED) is 0.553. The summed E-state index contributed by atoms with van der Waals surface area (Å²) in [5.74, 6) is -0.995. The molecule has 0 spiro atoms. The number of carbonyl (C=O) groups excluding carboxylic acids is 2. The van der Waals surface area contributed by atoms with Gasteiger partial charge in [-0.15, -0.1) is 0 Å². The van der Waals surface area contributed by atoms with Crippen molar-refractivity contribution in [1.82, 2.24) is 4.90 Å². The van der Waals surface area contributed by atoms with Crippen LogP contribution in [0, 0.1) is 5.82 Å². The highest BCUT2D eigenvalue weighted by molar-refractivity contribution is 8.14. The Balaban J connectivity index is 1.64. The maximum atomic E-state index is 14.5. The van der Waals surface area contributed by atoms with Crippen molar-refractivity contribution in [2.45, 2.75) is 18.9 Å². The molecular formula is C22H18Cl2FN3O2S. The average Bonchev–Trinajstić information content (AvgIpc) is 3.55. The van der Waals surface area contributed by atoms with Gasteiger partial charge in [-0.1, -0.05) is 53.2 Å². The molecule has 9 heteroatoms. The first kappa shape index (κ1) is 21.9. The number of nitrogens with zero attached hydrogens (tertiary/aromatic N) is 3. The minimum Gasteiger partial charge on any atom is -0.342 e. The van der Waals surface area contributed by atoms with Crippen molar-refractivity contribution in [3.63, 3.8) is 0 Å². The van der Waals surface area contributed by atoms with Gasteiger partial charge in [0.25, 0.3) is 5.91 Å². The Hall–Kier alpha value is -2.35.